The molecule has 1 aliphatic rings. The lowest BCUT2D eigenvalue weighted by atomic mass is 9.96. The van der Waals surface area contributed by atoms with Crippen molar-refractivity contribution in [3.63, 3.8) is 0 Å². The van der Waals surface area contributed by atoms with E-state index < -0.39 is 0 Å². The van der Waals surface area contributed by atoms with Crippen LogP contribution in [-0.2, 0) is 0 Å². The largest absolute Gasteiger partial charge is 0.363 e. The van der Waals surface area contributed by atoms with Gasteiger partial charge in [-0.15, -0.1) is 0 Å². The topological polar surface area (TPSA) is 50.9 Å². The van der Waals surface area contributed by atoms with E-state index in [2.05, 4.69) is 23.3 Å². The Morgan fingerprint density at radius 2 is 2.33 bits per heavy atom. The maximum Gasteiger partial charge on any atom is 0.126 e. The van der Waals surface area contributed by atoms with Crippen LogP contribution in [0.2, 0.25) is 0 Å². The molecule has 0 saturated heterocycles. The number of rotatable bonds is 2. The lowest BCUT2D eigenvalue weighted by Gasteiger charge is -2.30. The third-order valence-electron chi connectivity index (χ3n) is 3.35. The van der Waals surface area contributed by atoms with Gasteiger partial charge in [0.15, 0.2) is 0 Å². The lowest BCUT2D eigenvalue weighted by molar-refractivity contribution is 0.466. The summed E-state index contributed by atoms with van der Waals surface area (Å²) in [5.41, 5.74) is 7.30. The molecule has 2 rings (SSSR count). The van der Waals surface area contributed by atoms with Crippen LogP contribution in [0.3, 0.4) is 0 Å². The predicted molar refractivity (Wildman–Crippen MR) is 62.8 cm³/mol. The van der Waals surface area contributed by atoms with Crippen LogP contribution in [0.4, 0.5) is 5.82 Å². The first-order valence-corrected chi connectivity index (χ1v) is 5.56. The smallest absolute Gasteiger partial charge is 0.126 e. The van der Waals surface area contributed by atoms with Gasteiger partial charge in [-0.2, -0.15) is 0 Å². The van der Waals surface area contributed by atoms with Gasteiger partial charge >= 0.3 is 0 Å². The molecule has 0 aliphatic heterocycles. The number of aromatic nitrogens is 1. The van der Waals surface area contributed by atoms with Gasteiger partial charge in [0, 0.05) is 12.2 Å². The number of nitrogens with one attached hydrogen (secondary N) is 1. The Morgan fingerprint density at radius 1 is 1.53 bits per heavy atom. The molecule has 0 radical (unpaired) electrons. The molecule has 1 fully saturated rings. The maximum atomic E-state index is 6.10. The lowest BCUT2D eigenvalue weighted by Crippen LogP contribution is -2.47. The second kappa shape index (κ2) is 3.81. The molecule has 1 aliphatic carbocycles. The van der Waals surface area contributed by atoms with Gasteiger partial charge in [0.05, 0.1) is 5.54 Å². The number of nitrogens with zero attached hydrogens (tertiary/aromatic N) is 1. The normalized spacial score (nSPS) is 30.5. The Balaban J connectivity index is 2.11. The third kappa shape index (κ3) is 2.12. The highest BCUT2D eigenvalue weighted by Crippen LogP contribution is 2.31. The van der Waals surface area contributed by atoms with Gasteiger partial charge in [-0.3, -0.25) is 0 Å². The zero-order valence-electron chi connectivity index (χ0n) is 9.46. The molecule has 0 spiro atoms. The standard InChI is InChI=1S/C12H19N3/c1-9-5-6-11(14-8-9)15-12(2)7-3-4-10(12)13/h5-6,8,10H,3-4,7,13H2,1-2H3,(H,14,15). The minimum Gasteiger partial charge on any atom is -0.363 e. The number of hydrogen-bond donors (Lipinski definition) is 2. The first kappa shape index (κ1) is 10.4. The minimum absolute atomic E-state index is 0.0161. The highest BCUT2D eigenvalue weighted by molar-refractivity contribution is 5.39. The van der Waals surface area contributed by atoms with E-state index in [0.29, 0.717) is 0 Å². The summed E-state index contributed by atoms with van der Waals surface area (Å²) in [7, 11) is 0. The SMILES string of the molecule is Cc1ccc(NC2(C)CCCC2N)nc1. The van der Waals surface area contributed by atoms with Crippen molar-refractivity contribution in [2.45, 2.75) is 44.7 Å². The molecule has 1 saturated carbocycles. The summed E-state index contributed by atoms with van der Waals surface area (Å²) in [6.07, 6.45) is 5.32. The van der Waals surface area contributed by atoms with Crippen molar-refractivity contribution in [3.8, 4) is 0 Å². The molecule has 1 heterocycles. The summed E-state index contributed by atoms with van der Waals surface area (Å²) < 4.78 is 0. The van der Waals surface area contributed by atoms with E-state index >= 15 is 0 Å². The van der Waals surface area contributed by atoms with Gasteiger partial charge in [0.25, 0.3) is 0 Å². The van der Waals surface area contributed by atoms with Crippen LogP contribution in [0.15, 0.2) is 18.3 Å². The molecule has 82 valence electrons. The van der Waals surface area contributed by atoms with Crippen molar-refractivity contribution in [2.75, 3.05) is 5.32 Å². The van der Waals surface area contributed by atoms with Crippen LogP contribution in [0.25, 0.3) is 0 Å². The van der Waals surface area contributed by atoms with Gasteiger partial charge in [-0.05, 0) is 44.7 Å². The van der Waals surface area contributed by atoms with E-state index in [1.807, 2.05) is 19.2 Å². The van der Waals surface area contributed by atoms with Crippen LogP contribution >= 0.6 is 0 Å². The van der Waals surface area contributed by atoms with Gasteiger partial charge in [-0.1, -0.05) is 6.07 Å². The fraction of sp³-hybridized carbons (Fsp3) is 0.583. The fourth-order valence-corrected chi connectivity index (χ4v) is 2.18. The van der Waals surface area contributed by atoms with Crippen molar-refractivity contribution in [1.82, 2.24) is 4.98 Å². The quantitative estimate of drug-likeness (QED) is 0.777. The molecule has 0 bridgehead atoms. The summed E-state index contributed by atoms with van der Waals surface area (Å²) in [5, 5.41) is 3.46. The van der Waals surface area contributed by atoms with Crippen LogP contribution in [0.5, 0.6) is 0 Å². The van der Waals surface area contributed by atoms with Crippen molar-refractivity contribution in [2.24, 2.45) is 5.73 Å². The van der Waals surface area contributed by atoms with Crippen LogP contribution < -0.4 is 11.1 Å². The van der Waals surface area contributed by atoms with Crippen LogP contribution in [-0.4, -0.2) is 16.6 Å². The number of aryl methyl sites for hydroxylation is 1. The Labute approximate surface area is 91.1 Å². The maximum absolute atomic E-state index is 6.10. The molecule has 0 aromatic carbocycles. The average molecular weight is 205 g/mol. The highest BCUT2D eigenvalue weighted by atomic mass is 15.1. The first-order chi connectivity index (χ1) is 7.10. The molecule has 3 heteroatoms. The second-order valence-electron chi connectivity index (χ2n) is 4.76. The van der Waals surface area contributed by atoms with Crippen molar-refractivity contribution in [1.29, 1.82) is 0 Å². The molecule has 3 N–H and O–H groups in total. The van der Waals surface area contributed by atoms with Gasteiger partial charge in [-0.25, -0.2) is 4.98 Å². The molecule has 2 unspecified atom stereocenters. The zero-order valence-corrected chi connectivity index (χ0v) is 9.46. The molecular formula is C12H19N3. The fourth-order valence-electron chi connectivity index (χ4n) is 2.18. The minimum atomic E-state index is 0.0161. The third-order valence-corrected chi connectivity index (χ3v) is 3.35. The van der Waals surface area contributed by atoms with E-state index in [1.54, 1.807) is 0 Å². The monoisotopic (exact) mass is 205 g/mol. The number of nitrogens with two attached hydrogens (primary N) is 1. The Bertz CT molecular complexity index is 333. The molecule has 2 atom stereocenters. The number of hydrogen-bond acceptors (Lipinski definition) is 3. The van der Waals surface area contributed by atoms with E-state index in [0.717, 1.165) is 18.7 Å². The molecule has 0 amide bonds. The zero-order chi connectivity index (χ0) is 10.9. The average Bonchev–Trinajstić information content (AvgIpc) is 2.51. The second-order valence-corrected chi connectivity index (χ2v) is 4.76. The van der Waals surface area contributed by atoms with Gasteiger partial charge in [0.1, 0.15) is 5.82 Å². The van der Waals surface area contributed by atoms with E-state index in [4.69, 9.17) is 5.73 Å². The Morgan fingerprint density at radius 3 is 2.87 bits per heavy atom. The number of anilines is 1. The van der Waals surface area contributed by atoms with Crippen LogP contribution in [0, 0.1) is 6.92 Å². The summed E-state index contributed by atoms with van der Waals surface area (Å²) >= 11 is 0. The van der Waals surface area contributed by atoms with Crippen LogP contribution in [0.1, 0.15) is 31.7 Å². The van der Waals surface area contributed by atoms with Crippen molar-refractivity contribution >= 4 is 5.82 Å². The van der Waals surface area contributed by atoms with Gasteiger partial charge in [0.2, 0.25) is 0 Å². The molecule has 1 aromatic rings. The number of pyridine rings is 1. The Kier molecular flexibility index (Phi) is 2.65. The first-order valence-electron chi connectivity index (χ1n) is 5.56. The summed E-state index contributed by atoms with van der Waals surface area (Å²) in [6, 6.07) is 4.32. The predicted octanol–water partition coefficient (Wildman–Crippen LogP) is 2.07. The molecular weight excluding hydrogens is 186 g/mol. The van der Waals surface area contributed by atoms with Crippen molar-refractivity contribution in [3.05, 3.63) is 23.9 Å². The van der Waals surface area contributed by atoms with Crippen molar-refractivity contribution < 1.29 is 0 Å². The van der Waals surface area contributed by atoms with E-state index in [1.165, 1.54) is 12.0 Å². The Hall–Kier alpha value is -1.09. The van der Waals surface area contributed by atoms with E-state index in [9.17, 15) is 0 Å². The van der Waals surface area contributed by atoms with Gasteiger partial charge < -0.3 is 11.1 Å². The summed E-state index contributed by atoms with van der Waals surface area (Å²) in [6.45, 7) is 4.23. The summed E-state index contributed by atoms with van der Waals surface area (Å²) in [4.78, 5) is 4.35. The highest BCUT2D eigenvalue weighted by Gasteiger charge is 2.36. The molecule has 1 aromatic heterocycles. The molecule has 15 heavy (non-hydrogen) atoms. The summed E-state index contributed by atoms with van der Waals surface area (Å²) in [5.74, 6) is 0.931. The van der Waals surface area contributed by atoms with E-state index in [-0.39, 0.29) is 11.6 Å². The molecule has 3 nitrogen and oxygen atoms in total.